The van der Waals surface area contributed by atoms with Crippen LogP contribution in [0, 0.1) is 0 Å². The van der Waals surface area contributed by atoms with Crippen LogP contribution in [0.25, 0.3) is 0 Å². The van der Waals surface area contributed by atoms with Gasteiger partial charge in [-0.05, 0) is 53.6 Å². The van der Waals surface area contributed by atoms with Crippen LogP contribution in [-0.2, 0) is 18.4 Å². The van der Waals surface area contributed by atoms with Gasteiger partial charge < -0.3 is 14.8 Å². The minimum absolute atomic E-state index is 0.0657. The van der Waals surface area contributed by atoms with Crippen LogP contribution in [0.5, 0.6) is 11.5 Å². The van der Waals surface area contributed by atoms with Crippen LogP contribution in [0.15, 0.2) is 36.4 Å². The van der Waals surface area contributed by atoms with Crippen molar-refractivity contribution in [1.29, 1.82) is 0 Å². The molecule has 0 fully saturated rings. The van der Waals surface area contributed by atoms with Gasteiger partial charge in [0.25, 0.3) is 0 Å². The molecule has 0 amide bonds. The van der Waals surface area contributed by atoms with Gasteiger partial charge in [-0.1, -0.05) is 24.3 Å². The van der Waals surface area contributed by atoms with E-state index in [9.17, 15) is 0 Å². The molecule has 1 N–H and O–H groups in total. The fraction of sp³-hybridized carbons (Fsp3) is 0.368. The number of fused-ring (bicyclic) bond motifs is 4. The van der Waals surface area contributed by atoms with Gasteiger partial charge in [0.15, 0.2) is 11.5 Å². The Morgan fingerprint density at radius 3 is 2.50 bits per heavy atom. The molecular formula is C19H21NO2. The summed E-state index contributed by atoms with van der Waals surface area (Å²) in [5, 5.41) is 3.80. The average molecular weight is 295 g/mol. The first-order chi connectivity index (χ1) is 10.8. The zero-order valence-corrected chi connectivity index (χ0v) is 13.1. The van der Waals surface area contributed by atoms with Gasteiger partial charge in [-0.3, -0.25) is 0 Å². The van der Waals surface area contributed by atoms with E-state index in [4.69, 9.17) is 9.47 Å². The third-order valence-electron chi connectivity index (χ3n) is 5.14. The fourth-order valence-electron chi connectivity index (χ4n) is 4.11. The van der Waals surface area contributed by atoms with Crippen LogP contribution in [-0.4, -0.2) is 20.8 Å². The van der Waals surface area contributed by atoms with Crippen molar-refractivity contribution in [3.05, 3.63) is 58.7 Å². The first-order valence-electron chi connectivity index (χ1n) is 7.87. The van der Waals surface area contributed by atoms with Gasteiger partial charge in [0.2, 0.25) is 0 Å². The van der Waals surface area contributed by atoms with Gasteiger partial charge in [-0.15, -0.1) is 0 Å². The van der Waals surface area contributed by atoms with Crippen molar-refractivity contribution >= 4 is 0 Å². The van der Waals surface area contributed by atoms with Crippen LogP contribution >= 0.6 is 0 Å². The first-order valence-corrected chi connectivity index (χ1v) is 7.87. The minimum Gasteiger partial charge on any atom is -0.493 e. The number of hydrogen-bond donors (Lipinski definition) is 1. The lowest BCUT2D eigenvalue weighted by Crippen LogP contribution is -2.46. The van der Waals surface area contributed by atoms with Crippen LogP contribution < -0.4 is 14.8 Å². The Balaban J connectivity index is 1.94. The van der Waals surface area contributed by atoms with Crippen molar-refractivity contribution in [2.75, 3.05) is 20.8 Å². The van der Waals surface area contributed by atoms with E-state index in [1.54, 1.807) is 14.2 Å². The molecule has 0 radical (unpaired) electrons. The van der Waals surface area contributed by atoms with Gasteiger partial charge in [0, 0.05) is 6.54 Å². The third-order valence-corrected chi connectivity index (χ3v) is 5.14. The maximum Gasteiger partial charge on any atom is 0.161 e. The van der Waals surface area contributed by atoms with Gasteiger partial charge in [0.1, 0.15) is 0 Å². The van der Waals surface area contributed by atoms with E-state index in [2.05, 4.69) is 41.7 Å². The molecule has 0 saturated heterocycles. The summed E-state index contributed by atoms with van der Waals surface area (Å²) in [5.41, 5.74) is 5.53. The largest absolute Gasteiger partial charge is 0.493 e. The highest BCUT2D eigenvalue weighted by atomic mass is 16.5. The number of ether oxygens (including phenoxy) is 2. The molecule has 3 heteroatoms. The summed E-state index contributed by atoms with van der Waals surface area (Å²) in [6.45, 7) is 0.997. The summed E-state index contributed by atoms with van der Waals surface area (Å²) in [6, 6.07) is 13.1. The second kappa shape index (κ2) is 5.03. The summed E-state index contributed by atoms with van der Waals surface area (Å²) >= 11 is 0. The highest BCUT2D eigenvalue weighted by molar-refractivity contribution is 5.57. The molecule has 3 nitrogen and oxygen atoms in total. The molecule has 2 aromatic rings. The molecule has 1 aliphatic heterocycles. The molecule has 1 aliphatic carbocycles. The summed E-state index contributed by atoms with van der Waals surface area (Å²) < 4.78 is 11.0. The molecule has 1 heterocycles. The molecule has 4 rings (SSSR count). The smallest absolute Gasteiger partial charge is 0.161 e. The van der Waals surface area contributed by atoms with E-state index in [-0.39, 0.29) is 5.54 Å². The average Bonchev–Trinajstić information content (AvgIpc) is 2.94. The van der Waals surface area contributed by atoms with Crippen LogP contribution in [0.2, 0.25) is 0 Å². The summed E-state index contributed by atoms with van der Waals surface area (Å²) in [4.78, 5) is 0. The Bertz CT molecular complexity index is 725. The zero-order chi connectivity index (χ0) is 15.2. The van der Waals surface area contributed by atoms with Gasteiger partial charge in [-0.25, -0.2) is 0 Å². The molecule has 114 valence electrons. The number of rotatable bonds is 2. The molecule has 0 bridgehead atoms. The minimum atomic E-state index is -0.0657. The van der Waals surface area contributed by atoms with Crippen LogP contribution in [0.1, 0.15) is 28.7 Å². The lowest BCUT2D eigenvalue weighted by molar-refractivity contribution is 0.343. The number of methoxy groups -OCH3 is 2. The lowest BCUT2D eigenvalue weighted by Gasteiger charge is -2.38. The number of nitrogens with one attached hydrogen (secondary N) is 1. The molecule has 2 aliphatic rings. The van der Waals surface area contributed by atoms with E-state index < -0.39 is 0 Å². The van der Waals surface area contributed by atoms with Crippen LogP contribution in [0.4, 0.5) is 0 Å². The Labute approximate surface area is 131 Å². The van der Waals surface area contributed by atoms with Gasteiger partial charge in [0.05, 0.1) is 19.8 Å². The van der Waals surface area contributed by atoms with Crippen molar-refractivity contribution in [3.63, 3.8) is 0 Å². The van der Waals surface area contributed by atoms with E-state index in [0.717, 1.165) is 37.3 Å². The SMILES string of the molecule is COc1cc2c(cc1OC)C1(CCc3ccccc31)NCC2. The molecule has 0 aromatic heterocycles. The summed E-state index contributed by atoms with van der Waals surface area (Å²) in [7, 11) is 3.40. The molecule has 1 atom stereocenters. The predicted octanol–water partition coefficient (Wildman–Crippen LogP) is 3.04. The second-order valence-corrected chi connectivity index (χ2v) is 6.10. The number of hydrogen-bond acceptors (Lipinski definition) is 3. The molecule has 22 heavy (non-hydrogen) atoms. The second-order valence-electron chi connectivity index (χ2n) is 6.10. The van der Waals surface area contributed by atoms with Gasteiger partial charge >= 0.3 is 0 Å². The van der Waals surface area contributed by atoms with Crippen molar-refractivity contribution in [2.24, 2.45) is 0 Å². The Kier molecular flexibility index (Phi) is 3.12. The highest BCUT2D eigenvalue weighted by Crippen LogP contribution is 2.47. The standard InChI is InChI=1S/C19H21NO2/c1-21-17-11-14-8-10-20-19(16(14)12-18(17)22-2)9-7-13-5-3-4-6-15(13)19/h3-6,11-12,20H,7-10H2,1-2H3. The van der Waals surface area contributed by atoms with E-state index >= 15 is 0 Å². The monoisotopic (exact) mass is 295 g/mol. The molecule has 0 saturated carbocycles. The summed E-state index contributed by atoms with van der Waals surface area (Å²) in [6.07, 6.45) is 3.26. The number of aryl methyl sites for hydroxylation is 1. The predicted molar refractivity (Wildman–Crippen MR) is 86.8 cm³/mol. The van der Waals surface area contributed by atoms with Crippen molar-refractivity contribution in [1.82, 2.24) is 5.32 Å². The molecule has 1 unspecified atom stereocenters. The lowest BCUT2D eigenvalue weighted by atomic mass is 9.78. The Morgan fingerprint density at radius 1 is 0.909 bits per heavy atom. The normalized spacial score (nSPS) is 22.3. The van der Waals surface area contributed by atoms with E-state index in [0.29, 0.717) is 0 Å². The Hall–Kier alpha value is -2.00. The highest BCUT2D eigenvalue weighted by Gasteiger charge is 2.43. The molecule has 2 aromatic carbocycles. The zero-order valence-electron chi connectivity index (χ0n) is 13.1. The van der Waals surface area contributed by atoms with Crippen molar-refractivity contribution in [2.45, 2.75) is 24.8 Å². The van der Waals surface area contributed by atoms with E-state index in [1.807, 2.05) is 0 Å². The van der Waals surface area contributed by atoms with E-state index in [1.165, 1.54) is 22.3 Å². The van der Waals surface area contributed by atoms with Crippen molar-refractivity contribution < 1.29 is 9.47 Å². The fourth-order valence-corrected chi connectivity index (χ4v) is 4.11. The number of benzene rings is 2. The molecule has 1 spiro atoms. The quantitative estimate of drug-likeness (QED) is 0.924. The topological polar surface area (TPSA) is 30.5 Å². The first kappa shape index (κ1) is 13.6. The summed E-state index contributed by atoms with van der Waals surface area (Å²) in [5.74, 6) is 1.64. The van der Waals surface area contributed by atoms with Crippen LogP contribution in [0.3, 0.4) is 0 Å². The Morgan fingerprint density at radius 2 is 1.68 bits per heavy atom. The maximum absolute atomic E-state index is 5.54. The molecular weight excluding hydrogens is 274 g/mol. The third kappa shape index (κ3) is 1.78. The van der Waals surface area contributed by atoms with Crippen molar-refractivity contribution in [3.8, 4) is 11.5 Å². The van der Waals surface area contributed by atoms with Gasteiger partial charge in [-0.2, -0.15) is 0 Å². The maximum atomic E-state index is 5.54.